The average molecular weight is 220 g/mol. The molecule has 0 aromatic carbocycles. The minimum Gasteiger partial charge on any atom is -0.175 e. The maximum absolute atomic E-state index is 4.67. The van der Waals surface area contributed by atoms with Crippen LogP contribution in [-0.2, 0) is 0 Å². The number of hydrogen-bond donors (Lipinski definition) is 0. The van der Waals surface area contributed by atoms with Crippen molar-refractivity contribution in [3.8, 4) is 0 Å². The van der Waals surface area contributed by atoms with Gasteiger partial charge >= 0.3 is 0 Å². The van der Waals surface area contributed by atoms with E-state index in [2.05, 4.69) is 22.0 Å². The normalized spacial score (nSPS) is 42.1. The highest BCUT2D eigenvalue weighted by Gasteiger charge is 2.71. The number of hydrogen-bond acceptors (Lipinski definition) is 3. The molecule has 4 saturated carbocycles. The molecular formula is C12H16N2S. The number of azo groups is 1. The van der Waals surface area contributed by atoms with E-state index in [0.29, 0.717) is 0 Å². The van der Waals surface area contributed by atoms with E-state index < -0.39 is 0 Å². The van der Waals surface area contributed by atoms with Crippen molar-refractivity contribution in [1.82, 2.24) is 0 Å². The molecule has 1 heterocycles. The van der Waals surface area contributed by atoms with E-state index >= 15 is 0 Å². The van der Waals surface area contributed by atoms with Crippen molar-refractivity contribution >= 4 is 11.8 Å². The summed E-state index contributed by atoms with van der Waals surface area (Å²) in [6, 6.07) is 0. The van der Waals surface area contributed by atoms with E-state index in [9.17, 15) is 0 Å². The van der Waals surface area contributed by atoms with Gasteiger partial charge in [-0.25, -0.2) is 0 Å². The van der Waals surface area contributed by atoms with Gasteiger partial charge in [-0.2, -0.15) is 10.2 Å². The molecule has 15 heavy (non-hydrogen) atoms. The standard InChI is InChI=1S/C12H16N2S/c1-2-9(1)5-11(6-9)13-14-12(15-11)7-10(8-12)3-4-10/h1-8H2. The van der Waals surface area contributed by atoms with Crippen LogP contribution in [0.2, 0.25) is 0 Å². The van der Waals surface area contributed by atoms with Gasteiger partial charge < -0.3 is 0 Å². The molecule has 1 aliphatic heterocycles. The zero-order chi connectivity index (χ0) is 9.78. The molecule has 0 unspecified atom stereocenters. The third-order valence-corrected chi connectivity index (χ3v) is 6.81. The highest BCUT2D eigenvalue weighted by atomic mass is 32.2. The van der Waals surface area contributed by atoms with Gasteiger partial charge in [0.1, 0.15) is 9.74 Å². The molecular weight excluding hydrogens is 204 g/mol. The summed E-state index contributed by atoms with van der Waals surface area (Å²) < 4.78 is 0. The van der Waals surface area contributed by atoms with Crippen LogP contribution in [0.3, 0.4) is 0 Å². The molecule has 3 heteroatoms. The molecule has 0 aromatic heterocycles. The first-order valence-corrected chi connectivity index (χ1v) is 7.11. The molecule has 0 radical (unpaired) electrons. The molecule has 80 valence electrons. The summed E-state index contributed by atoms with van der Waals surface area (Å²) in [5.41, 5.74) is 1.52. The summed E-state index contributed by atoms with van der Waals surface area (Å²) in [6.45, 7) is 0. The smallest absolute Gasteiger partial charge is 0.130 e. The second kappa shape index (κ2) is 1.92. The van der Waals surface area contributed by atoms with Crippen LogP contribution < -0.4 is 0 Å². The fourth-order valence-corrected chi connectivity index (χ4v) is 6.55. The fourth-order valence-electron chi connectivity index (χ4n) is 4.16. The highest BCUT2D eigenvalue weighted by molar-refractivity contribution is 8.02. The summed E-state index contributed by atoms with van der Waals surface area (Å²) in [5.74, 6) is 0. The summed E-state index contributed by atoms with van der Waals surface area (Å²) in [7, 11) is 0. The summed E-state index contributed by atoms with van der Waals surface area (Å²) >= 11 is 2.14. The van der Waals surface area contributed by atoms with Crippen molar-refractivity contribution in [3.63, 3.8) is 0 Å². The van der Waals surface area contributed by atoms with E-state index in [-0.39, 0.29) is 9.74 Å². The molecule has 0 N–H and O–H groups in total. The van der Waals surface area contributed by atoms with Crippen molar-refractivity contribution in [2.45, 2.75) is 61.1 Å². The molecule has 5 rings (SSSR count). The molecule has 0 amide bonds. The lowest BCUT2D eigenvalue weighted by atomic mass is 9.76. The van der Waals surface area contributed by atoms with Crippen LogP contribution in [0, 0.1) is 10.8 Å². The topological polar surface area (TPSA) is 24.7 Å². The molecule has 0 saturated heterocycles. The molecule has 4 spiro atoms. The Bertz CT molecular complexity index is 340. The molecule has 0 aromatic rings. The zero-order valence-corrected chi connectivity index (χ0v) is 9.78. The summed E-state index contributed by atoms with van der Waals surface area (Å²) in [5, 5.41) is 9.33. The van der Waals surface area contributed by atoms with E-state index in [1.165, 1.54) is 51.4 Å². The lowest BCUT2D eigenvalue weighted by Crippen LogP contribution is -2.45. The third kappa shape index (κ3) is 0.904. The number of rotatable bonds is 0. The van der Waals surface area contributed by atoms with E-state index in [1.807, 2.05) is 0 Å². The maximum atomic E-state index is 4.67. The molecule has 0 bridgehead atoms. The van der Waals surface area contributed by atoms with E-state index in [0.717, 1.165) is 10.8 Å². The van der Waals surface area contributed by atoms with Crippen LogP contribution in [0.15, 0.2) is 10.2 Å². The largest absolute Gasteiger partial charge is 0.175 e. The highest BCUT2D eigenvalue weighted by Crippen LogP contribution is 2.78. The molecule has 5 aliphatic rings. The predicted octanol–water partition coefficient (Wildman–Crippen LogP) is 3.73. The minimum absolute atomic E-state index is 0.271. The van der Waals surface area contributed by atoms with Gasteiger partial charge in [-0.05, 0) is 62.2 Å². The van der Waals surface area contributed by atoms with Crippen LogP contribution in [-0.4, -0.2) is 9.74 Å². The van der Waals surface area contributed by atoms with Gasteiger partial charge in [-0.1, -0.05) is 11.8 Å². The first kappa shape index (κ1) is 8.10. The van der Waals surface area contributed by atoms with Gasteiger partial charge in [-0.3, -0.25) is 0 Å². The molecule has 4 fully saturated rings. The maximum Gasteiger partial charge on any atom is 0.130 e. The lowest BCUT2D eigenvalue weighted by molar-refractivity contribution is 0.204. The van der Waals surface area contributed by atoms with Crippen molar-refractivity contribution in [2.75, 3.05) is 0 Å². The van der Waals surface area contributed by atoms with Crippen molar-refractivity contribution in [3.05, 3.63) is 0 Å². The molecule has 4 aliphatic carbocycles. The van der Waals surface area contributed by atoms with Crippen molar-refractivity contribution in [1.29, 1.82) is 0 Å². The SMILES string of the molecule is C1CC12CC1(C2)N=NC2(CC3(CC3)C2)S1. The first-order chi connectivity index (χ1) is 7.16. The quantitative estimate of drug-likeness (QED) is 0.610. The van der Waals surface area contributed by atoms with Gasteiger partial charge in [0.2, 0.25) is 0 Å². The Kier molecular flexibility index (Phi) is 1.03. The van der Waals surface area contributed by atoms with Gasteiger partial charge in [0.05, 0.1) is 0 Å². The minimum atomic E-state index is 0.271. The second-order valence-corrected chi connectivity index (χ2v) is 8.63. The molecule has 2 nitrogen and oxygen atoms in total. The van der Waals surface area contributed by atoms with Crippen LogP contribution in [0.5, 0.6) is 0 Å². The van der Waals surface area contributed by atoms with Crippen LogP contribution in [0.1, 0.15) is 51.4 Å². The Morgan fingerprint density at radius 3 is 1.40 bits per heavy atom. The second-order valence-electron chi connectivity index (χ2n) is 6.90. The van der Waals surface area contributed by atoms with Crippen LogP contribution >= 0.6 is 11.8 Å². The fraction of sp³-hybridized carbons (Fsp3) is 1.00. The van der Waals surface area contributed by atoms with Gasteiger partial charge in [-0.15, -0.1) is 0 Å². The Morgan fingerprint density at radius 1 is 0.667 bits per heavy atom. The first-order valence-electron chi connectivity index (χ1n) is 6.30. The van der Waals surface area contributed by atoms with Gasteiger partial charge in [0.15, 0.2) is 0 Å². The third-order valence-electron chi connectivity index (χ3n) is 5.31. The van der Waals surface area contributed by atoms with Crippen LogP contribution in [0.4, 0.5) is 0 Å². The van der Waals surface area contributed by atoms with Crippen LogP contribution in [0.25, 0.3) is 0 Å². The molecule has 0 atom stereocenters. The van der Waals surface area contributed by atoms with Gasteiger partial charge in [0.25, 0.3) is 0 Å². The monoisotopic (exact) mass is 220 g/mol. The Morgan fingerprint density at radius 2 is 1.07 bits per heavy atom. The zero-order valence-electron chi connectivity index (χ0n) is 8.96. The average Bonchev–Trinajstić information content (AvgIpc) is 2.92. The van der Waals surface area contributed by atoms with E-state index in [1.54, 1.807) is 0 Å². The number of thioether (sulfide) groups is 1. The van der Waals surface area contributed by atoms with Gasteiger partial charge in [0, 0.05) is 0 Å². The summed E-state index contributed by atoms with van der Waals surface area (Å²) in [6.07, 6.45) is 11.3. The predicted molar refractivity (Wildman–Crippen MR) is 59.7 cm³/mol. The number of nitrogens with zero attached hydrogens (tertiary/aromatic N) is 2. The Labute approximate surface area is 94.3 Å². The summed E-state index contributed by atoms with van der Waals surface area (Å²) in [4.78, 5) is 0.542. The Hall–Kier alpha value is -0.0500. The Balaban J connectivity index is 1.37. The lowest BCUT2D eigenvalue weighted by Gasteiger charge is -2.47. The van der Waals surface area contributed by atoms with Crippen molar-refractivity contribution < 1.29 is 0 Å². The van der Waals surface area contributed by atoms with E-state index in [4.69, 9.17) is 0 Å². The van der Waals surface area contributed by atoms with Crippen molar-refractivity contribution in [2.24, 2.45) is 21.1 Å².